The quantitative estimate of drug-likeness (QED) is 0.486. The fourth-order valence-electron chi connectivity index (χ4n) is 2.95. The highest BCUT2D eigenvalue weighted by molar-refractivity contribution is 5.86. The van der Waals surface area contributed by atoms with Crippen molar-refractivity contribution in [2.75, 3.05) is 20.7 Å². The number of ether oxygens (including phenoxy) is 1. The van der Waals surface area contributed by atoms with E-state index in [4.69, 9.17) is 4.74 Å². The van der Waals surface area contributed by atoms with Gasteiger partial charge < -0.3 is 14.2 Å². The first-order valence-electron chi connectivity index (χ1n) is 9.79. The molecular formula is C24H38N2O. The maximum Gasteiger partial charge on any atom is 0.0882 e. The summed E-state index contributed by atoms with van der Waals surface area (Å²) in [6.07, 6.45) is 5.01. The van der Waals surface area contributed by atoms with E-state index < -0.39 is 0 Å². The predicted octanol–water partition coefficient (Wildman–Crippen LogP) is 5.86. The van der Waals surface area contributed by atoms with Gasteiger partial charge in [0.25, 0.3) is 0 Å². The van der Waals surface area contributed by atoms with Gasteiger partial charge in [0.2, 0.25) is 0 Å². The second kappa shape index (κ2) is 11.0. The second-order valence-corrected chi connectivity index (χ2v) is 7.58. The fourth-order valence-corrected chi connectivity index (χ4v) is 2.95. The molecule has 2 heterocycles. The minimum Gasteiger partial charge on any atom is -0.502 e. The Morgan fingerprint density at radius 1 is 1.26 bits per heavy atom. The first-order chi connectivity index (χ1) is 12.7. The van der Waals surface area contributed by atoms with Crippen LogP contribution in [0.15, 0.2) is 42.7 Å². The number of benzene rings is 1. The summed E-state index contributed by atoms with van der Waals surface area (Å²) >= 11 is 0. The van der Waals surface area contributed by atoms with Crippen LogP contribution >= 0.6 is 0 Å². The molecule has 3 nitrogen and oxygen atoms in total. The third kappa shape index (κ3) is 6.59. The molecule has 0 fully saturated rings. The van der Waals surface area contributed by atoms with Crippen LogP contribution in [0.25, 0.3) is 10.9 Å². The Kier molecular flexibility index (Phi) is 9.37. The Morgan fingerprint density at radius 3 is 2.37 bits per heavy atom. The summed E-state index contributed by atoms with van der Waals surface area (Å²) < 4.78 is 7.13. The van der Waals surface area contributed by atoms with Gasteiger partial charge in [-0.2, -0.15) is 0 Å². The average molecular weight is 371 g/mol. The van der Waals surface area contributed by atoms with Crippen LogP contribution in [0.1, 0.15) is 44.5 Å². The van der Waals surface area contributed by atoms with Gasteiger partial charge in [-0.1, -0.05) is 37.6 Å². The average Bonchev–Trinajstić information content (AvgIpc) is 2.93. The lowest BCUT2D eigenvalue weighted by molar-refractivity contribution is 0.293. The molecule has 0 saturated carbocycles. The third-order valence-electron chi connectivity index (χ3n) is 4.95. The van der Waals surface area contributed by atoms with Crippen molar-refractivity contribution in [2.24, 2.45) is 13.0 Å². The van der Waals surface area contributed by atoms with Crippen LogP contribution in [-0.2, 0) is 24.8 Å². The molecular weight excluding hydrogens is 332 g/mol. The van der Waals surface area contributed by atoms with Crippen LogP contribution in [0.5, 0.6) is 0 Å². The Hall–Kier alpha value is -2.00. The van der Waals surface area contributed by atoms with E-state index in [-0.39, 0.29) is 0 Å². The van der Waals surface area contributed by atoms with Crippen molar-refractivity contribution in [3.05, 3.63) is 59.5 Å². The summed E-state index contributed by atoms with van der Waals surface area (Å²) in [5.41, 5.74) is 5.80. The summed E-state index contributed by atoms with van der Waals surface area (Å²) in [6.45, 7) is 16.1. The Labute approximate surface area is 166 Å². The van der Waals surface area contributed by atoms with E-state index in [1.807, 2.05) is 26.0 Å². The lowest BCUT2D eigenvalue weighted by Crippen LogP contribution is -2.26. The van der Waals surface area contributed by atoms with E-state index in [9.17, 15) is 0 Å². The third-order valence-corrected chi connectivity index (χ3v) is 4.95. The maximum atomic E-state index is 4.76. The largest absolute Gasteiger partial charge is 0.502 e. The number of aryl methyl sites for hydroxylation is 2. The van der Waals surface area contributed by atoms with Gasteiger partial charge in [0.05, 0.1) is 12.9 Å². The summed E-state index contributed by atoms with van der Waals surface area (Å²) in [6, 6.07) is 6.79. The number of nitrogens with zero attached hydrogens (tertiary/aromatic N) is 2. The fraction of sp³-hybridized carbons (Fsp3) is 0.500. The van der Waals surface area contributed by atoms with Crippen molar-refractivity contribution in [1.29, 1.82) is 0 Å². The normalized spacial score (nSPS) is 14.0. The SMILES string of the molecule is C/C=C(\C)OC.C=CC(C)C.Cc1ccc2c(c1)c1c(n2C)CCN(C)C1. The standard InChI is InChI=1S/C14H18N2.C5H10O.C5H10/c1-10-4-5-13-11(8-10)12-9-15(2)7-6-14(12)16(13)3;1-4-5(2)6-3;1-4-5(2)3/h4-5,8H,6-7,9H2,1-3H3;4H,1-3H3;4-5H,1H2,2-3H3/b;5-4+;. The summed E-state index contributed by atoms with van der Waals surface area (Å²) in [7, 11) is 6.06. The van der Waals surface area contributed by atoms with Crippen LogP contribution in [0.2, 0.25) is 0 Å². The number of hydrogen-bond donors (Lipinski definition) is 0. The zero-order valence-corrected chi connectivity index (χ0v) is 18.6. The van der Waals surface area contributed by atoms with Gasteiger partial charge in [-0.3, -0.25) is 0 Å². The predicted molar refractivity (Wildman–Crippen MR) is 119 cm³/mol. The Balaban J connectivity index is 0.000000278. The van der Waals surface area contributed by atoms with Crippen LogP contribution in [-0.4, -0.2) is 30.2 Å². The monoisotopic (exact) mass is 370 g/mol. The van der Waals surface area contributed by atoms with E-state index >= 15 is 0 Å². The smallest absolute Gasteiger partial charge is 0.0882 e. The molecule has 0 radical (unpaired) electrons. The molecule has 2 aromatic rings. The molecule has 1 aromatic carbocycles. The first kappa shape index (κ1) is 23.0. The number of methoxy groups -OCH3 is 1. The number of rotatable bonds is 2. The van der Waals surface area contributed by atoms with Crippen molar-refractivity contribution in [2.45, 2.75) is 47.6 Å². The molecule has 150 valence electrons. The summed E-state index contributed by atoms with van der Waals surface area (Å²) in [5.74, 6) is 1.62. The number of hydrogen-bond acceptors (Lipinski definition) is 2. The van der Waals surface area contributed by atoms with E-state index in [0.29, 0.717) is 5.92 Å². The second-order valence-electron chi connectivity index (χ2n) is 7.58. The lowest BCUT2D eigenvalue weighted by atomic mass is 10.0. The van der Waals surface area contributed by atoms with Gasteiger partial charge in [-0.15, -0.1) is 6.58 Å². The first-order valence-corrected chi connectivity index (χ1v) is 9.79. The molecule has 0 unspecified atom stereocenters. The van der Waals surface area contributed by atoms with Crippen molar-refractivity contribution in [1.82, 2.24) is 9.47 Å². The summed E-state index contributed by atoms with van der Waals surface area (Å²) in [4.78, 5) is 2.41. The van der Waals surface area contributed by atoms with E-state index in [2.05, 4.69) is 69.1 Å². The van der Waals surface area contributed by atoms with Crippen molar-refractivity contribution in [3.8, 4) is 0 Å². The van der Waals surface area contributed by atoms with Crippen molar-refractivity contribution in [3.63, 3.8) is 0 Å². The minimum absolute atomic E-state index is 0.648. The van der Waals surface area contributed by atoms with Crippen LogP contribution in [0.3, 0.4) is 0 Å². The molecule has 3 rings (SSSR count). The molecule has 0 atom stereocenters. The molecule has 0 amide bonds. The van der Waals surface area contributed by atoms with Gasteiger partial charge in [-0.25, -0.2) is 0 Å². The number of aromatic nitrogens is 1. The lowest BCUT2D eigenvalue weighted by Gasteiger charge is -2.23. The Morgan fingerprint density at radius 2 is 1.89 bits per heavy atom. The zero-order valence-electron chi connectivity index (χ0n) is 18.6. The van der Waals surface area contributed by atoms with Crippen LogP contribution in [0, 0.1) is 12.8 Å². The summed E-state index contributed by atoms with van der Waals surface area (Å²) in [5, 5.41) is 1.45. The van der Waals surface area contributed by atoms with Gasteiger partial charge in [-0.05, 0) is 51.4 Å². The van der Waals surface area contributed by atoms with Crippen LogP contribution < -0.4 is 0 Å². The molecule has 3 heteroatoms. The topological polar surface area (TPSA) is 17.4 Å². The molecule has 0 N–H and O–H groups in total. The molecule has 1 aliphatic heterocycles. The highest BCUT2D eigenvalue weighted by Crippen LogP contribution is 2.30. The van der Waals surface area contributed by atoms with E-state index in [1.165, 1.54) is 40.7 Å². The van der Waals surface area contributed by atoms with E-state index in [0.717, 1.165) is 12.3 Å². The highest BCUT2D eigenvalue weighted by atomic mass is 16.5. The number of allylic oxidation sites excluding steroid dienone is 3. The number of fused-ring (bicyclic) bond motifs is 3. The van der Waals surface area contributed by atoms with Crippen molar-refractivity contribution >= 4 is 10.9 Å². The van der Waals surface area contributed by atoms with Gasteiger partial charge in [0.15, 0.2) is 0 Å². The molecule has 27 heavy (non-hydrogen) atoms. The van der Waals surface area contributed by atoms with Crippen LogP contribution in [0.4, 0.5) is 0 Å². The van der Waals surface area contributed by atoms with Gasteiger partial charge >= 0.3 is 0 Å². The molecule has 0 spiro atoms. The molecule has 0 saturated heterocycles. The van der Waals surface area contributed by atoms with Gasteiger partial charge in [0, 0.05) is 43.2 Å². The zero-order chi connectivity index (χ0) is 20.6. The van der Waals surface area contributed by atoms with Crippen molar-refractivity contribution < 1.29 is 4.74 Å². The maximum absolute atomic E-state index is 4.76. The molecule has 1 aromatic heterocycles. The number of likely N-dealkylation sites (N-methyl/N-ethyl adjacent to an activating group) is 1. The minimum atomic E-state index is 0.648. The highest BCUT2D eigenvalue weighted by Gasteiger charge is 2.20. The van der Waals surface area contributed by atoms with Gasteiger partial charge in [0.1, 0.15) is 0 Å². The Bertz CT molecular complexity index is 768. The molecule has 0 aliphatic carbocycles. The molecule has 1 aliphatic rings. The van der Waals surface area contributed by atoms with E-state index in [1.54, 1.807) is 7.11 Å². The molecule has 0 bridgehead atoms.